The van der Waals surface area contributed by atoms with Crippen LogP contribution in [0.1, 0.15) is 58.9 Å². The summed E-state index contributed by atoms with van der Waals surface area (Å²) in [5, 5.41) is 2.85. The van der Waals surface area contributed by atoms with Gasteiger partial charge in [0, 0.05) is 44.2 Å². The molecule has 7 nitrogen and oxygen atoms in total. The summed E-state index contributed by atoms with van der Waals surface area (Å²) in [4.78, 5) is 27.1. The van der Waals surface area contributed by atoms with E-state index in [9.17, 15) is 18.0 Å². The molecule has 3 rings (SSSR count). The Labute approximate surface area is 192 Å². The highest BCUT2D eigenvalue weighted by atomic mass is 32.2. The SMILES string of the molecule is CC(C)CN(CC(C)C)C(=O)C1CCN(S(=O)(=O)c2ccc3c(c2)CCCC(=O)N3)CC1. The van der Waals surface area contributed by atoms with Crippen LogP contribution in [0.4, 0.5) is 5.69 Å². The Bertz CT molecular complexity index is 925. The summed E-state index contributed by atoms with van der Waals surface area (Å²) in [7, 11) is -3.63. The second kappa shape index (κ2) is 10.3. The molecule has 178 valence electrons. The van der Waals surface area contributed by atoms with Gasteiger partial charge in [-0.3, -0.25) is 9.59 Å². The number of fused-ring (bicyclic) bond motifs is 1. The van der Waals surface area contributed by atoms with Crippen molar-refractivity contribution in [3.05, 3.63) is 23.8 Å². The smallest absolute Gasteiger partial charge is 0.243 e. The van der Waals surface area contributed by atoms with Gasteiger partial charge in [0.05, 0.1) is 4.90 Å². The average Bonchev–Trinajstić information content (AvgIpc) is 2.92. The summed E-state index contributed by atoms with van der Waals surface area (Å²) >= 11 is 0. The van der Waals surface area contributed by atoms with E-state index in [0.717, 1.165) is 18.7 Å². The van der Waals surface area contributed by atoms with E-state index < -0.39 is 10.0 Å². The molecular formula is C24H37N3O4S. The molecule has 1 fully saturated rings. The highest BCUT2D eigenvalue weighted by Crippen LogP contribution is 2.29. The van der Waals surface area contributed by atoms with Crippen LogP contribution in [0.15, 0.2) is 23.1 Å². The number of benzene rings is 1. The number of nitrogens with one attached hydrogen (secondary N) is 1. The van der Waals surface area contributed by atoms with Crippen molar-refractivity contribution >= 4 is 27.5 Å². The topological polar surface area (TPSA) is 86.8 Å². The fourth-order valence-electron chi connectivity index (χ4n) is 4.60. The second-order valence-electron chi connectivity index (χ2n) is 9.93. The third kappa shape index (κ3) is 5.90. The van der Waals surface area contributed by atoms with Crippen molar-refractivity contribution in [3.63, 3.8) is 0 Å². The van der Waals surface area contributed by atoms with E-state index >= 15 is 0 Å². The van der Waals surface area contributed by atoms with Gasteiger partial charge >= 0.3 is 0 Å². The van der Waals surface area contributed by atoms with Crippen molar-refractivity contribution in [3.8, 4) is 0 Å². The first-order chi connectivity index (χ1) is 15.1. The molecule has 0 unspecified atom stereocenters. The van der Waals surface area contributed by atoms with Crippen LogP contribution in [0.2, 0.25) is 0 Å². The maximum absolute atomic E-state index is 13.3. The Hall–Kier alpha value is -1.93. The molecule has 0 spiro atoms. The van der Waals surface area contributed by atoms with Gasteiger partial charge in [-0.05, 0) is 61.3 Å². The summed E-state index contributed by atoms with van der Waals surface area (Å²) in [6, 6.07) is 4.96. The van der Waals surface area contributed by atoms with Crippen molar-refractivity contribution in [2.45, 2.75) is 64.7 Å². The molecule has 2 aliphatic heterocycles. The molecule has 8 heteroatoms. The summed E-state index contributed by atoms with van der Waals surface area (Å²) in [6.45, 7) is 10.6. The number of amides is 2. The van der Waals surface area contributed by atoms with Crippen LogP contribution in [-0.2, 0) is 26.0 Å². The van der Waals surface area contributed by atoms with Gasteiger partial charge in [0.25, 0.3) is 0 Å². The lowest BCUT2D eigenvalue weighted by Gasteiger charge is -2.35. The lowest BCUT2D eigenvalue weighted by atomic mass is 9.95. The molecule has 2 aliphatic rings. The van der Waals surface area contributed by atoms with E-state index in [-0.39, 0.29) is 22.6 Å². The van der Waals surface area contributed by atoms with Crippen LogP contribution in [0.3, 0.4) is 0 Å². The standard InChI is InChI=1S/C24H37N3O4S/c1-17(2)15-26(16-18(3)4)24(29)19-10-12-27(13-11-19)32(30,31)21-8-9-22-20(14-21)6-5-7-23(28)25-22/h8-9,14,17-19H,5-7,10-13,15-16H2,1-4H3,(H,25,28). The predicted octanol–water partition coefficient (Wildman–Crippen LogP) is 3.50. The average molecular weight is 464 g/mol. The van der Waals surface area contributed by atoms with Gasteiger partial charge in [-0.15, -0.1) is 0 Å². The molecule has 1 saturated heterocycles. The lowest BCUT2D eigenvalue weighted by molar-refractivity contribution is -0.137. The zero-order valence-corrected chi connectivity index (χ0v) is 20.6. The highest BCUT2D eigenvalue weighted by Gasteiger charge is 2.34. The van der Waals surface area contributed by atoms with Crippen molar-refractivity contribution in [2.75, 3.05) is 31.5 Å². The molecule has 1 aromatic carbocycles. The fourth-order valence-corrected chi connectivity index (χ4v) is 6.12. The second-order valence-corrected chi connectivity index (χ2v) is 11.9. The Kier molecular flexibility index (Phi) is 7.98. The van der Waals surface area contributed by atoms with Gasteiger partial charge < -0.3 is 10.2 Å². The largest absolute Gasteiger partial charge is 0.342 e. The van der Waals surface area contributed by atoms with E-state index in [2.05, 4.69) is 33.0 Å². The van der Waals surface area contributed by atoms with E-state index in [0.29, 0.717) is 62.7 Å². The monoisotopic (exact) mass is 463 g/mol. The van der Waals surface area contributed by atoms with Crippen molar-refractivity contribution in [1.29, 1.82) is 0 Å². The molecule has 1 N–H and O–H groups in total. The maximum atomic E-state index is 13.3. The number of hydrogen-bond acceptors (Lipinski definition) is 4. The maximum Gasteiger partial charge on any atom is 0.243 e. The molecule has 2 heterocycles. The molecule has 0 bridgehead atoms. The van der Waals surface area contributed by atoms with Gasteiger partial charge in [-0.1, -0.05) is 27.7 Å². The number of carbonyl (C=O) groups is 2. The summed E-state index contributed by atoms with van der Waals surface area (Å²) in [5.74, 6) is 0.800. The van der Waals surface area contributed by atoms with Gasteiger partial charge in [-0.25, -0.2) is 8.42 Å². The molecular weight excluding hydrogens is 426 g/mol. The summed E-state index contributed by atoms with van der Waals surface area (Å²) in [5.41, 5.74) is 1.56. The molecule has 1 aromatic rings. The number of piperidine rings is 1. The Morgan fingerprint density at radius 2 is 1.72 bits per heavy atom. The van der Waals surface area contributed by atoms with Gasteiger partial charge in [0.2, 0.25) is 21.8 Å². The van der Waals surface area contributed by atoms with Crippen LogP contribution >= 0.6 is 0 Å². The van der Waals surface area contributed by atoms with Crippen LogP contribution in [0.25, 0.3) is 0 Å². The number of anilines is 1. The highest BCUT2D eigenvalue weighted by molar-refractivity contribution is 7.89. The minimum atomic E-state index is -3.63. The quantitative estimate of drug-likeness (QED) is 0.670. The molecule has 0 radical (unpaired) electrons. The number of rotatable bonds is 7. The fraction of sp³-hybridized carbons (Fsp3) is 0.667. The molecule has 32 heavy (non-hydrogen) atoms. The third-order valence-electron chi connectivity index (χ3n) is 6.12. The van der Waals surface area contributed by atoms with E-state index in [1.165, 1.54) is 4.31 Å². The number of hydrogen-bond donors (Lipinski definition) is 1. The van der Waals surface area contributed by atoms with Crippen LogP contribution in [0, 0.1) is 17.8 Å². The number of aryl methyl sites for hydroxylation is 1. The van der Waals surface area contributed by atoms with Crippen molar-refractivity contribution < 1.29 is 18.0 Å². The number of nitrogens with zero attached hydrogens (tertiary/aromatic N) is 2. The first-order valence-electron chi connectivity index (χ1n) is 11.8. The van der Waals surface area contributed by atoms with E-state index in [4.69, 9.17) is 0 Å². The number of carbonyl (C=O) groups excluding carboxylic acids is 2. The Morgan fingerprint density at radius 3 is 2.31 bits per heavy atom. The van der Waals surface area contributed by atoms with Crippen LogP contribution in [-0.4, -0.2) is 55.6 Å². The lowest BCUT2D eigenvalue weighted by Crippen LogP contribution is -2.46. The van der Waals surface area contributed by atoms with E-state index in [1.54, 1.807) is 18.2 Å². The zero-order valence-electron chi connectivity index (χ0n) is 19.8. The van der Waals surface area contributed by atoms with Crippen molar-refractivity contribution in [2.24, 2.45) is 17.8 Å². The molecule has 0 atom stereocenters. The van der Waals surface area contributed by atoms with Crippen LogP contribution in [0.5, 0.6) is 0 Å². The van der Waals surface area contributed by atoms with Gasteiger partial charge in [0.15, 0.2) is 0 Å². The first kappa shape index (κ1) is 24.7. The Morgan fingerprint density at radius 1 is 1.09 bits per heavy atom. The first-order valence-corrected chi connectivity index (χ1v) is 13.2. The minimum absolute atomic E-state index is 0.0323. The zero-order chi connectivity index (χ0) is 23.5. The van der Waals surface area contributed by atoms with Gasteiger partial charge in [0.1, 0.15) is 0 Å². The van der Waals surface area contributed by atoms with E-state index in [1.807, 2.05) is 4.90 Å². The molecule has 0 aliphatic carbocycles. The summed E-state index contributed by atoms with van der Waals surface area (Å²) < 4.78 is 28.0. The van der Waals surface area contributed by atoms with Crippen LogP contribution < -0.4 is 5.32 Å². The normalized spacial score (nSPS) is 18.4. The molecule has 0 aromatic heterocycles. The molecule has 0 saturated carbocycles. The summed E-state index contributed by atoms with van der Waals surface area (Å²) in [6.07, 6.45) is 2.93. The minimum Gasteiger partial charge on any atom is -0.342 e. The third-order valence-corrected chi connectivity index (χ3v) is 8.02. The van der Waals surface area contributed by atoms with Crippen molar-refractivity contribution in [1.82, 2.24) is 9.21 Å². The number of sulfonamides is 1. The Balaban J connectivity index is 1.68. The molecule has 2 amide bonds. The van der Waals surface area contributed by atoms with Gasteiger partial charge in [-0.2, -0.15) is 4.31 Å². The predicted molar refractivity (Wildman–Crippen MR) is 126 cm³/mol.